The summed E-state index contributed by atoms with van der Waals surface area (Å²) in [4.78, 5) is 0.854. The number of rotatable bonds is 29. The van der Waals surface area contributed by atoms with E-state index in [2.05, 4.69) is 69.3 Å². The first kappa shape index (κ1) is 39.1. The summed E-state index contributed by atoms with van der Waals surface area (Å²) in [6.07, 6.45) is 33.0. The van der Waals surface area contributed by atoms with E-state index in [1.54, 1.807) is 0 Å². The van der Waals surface area contributed by atoms with Crippen LogP contribution in [0.1, 0.15) is 172 Å². The van der Waals surface area contributed by atoms with Crippen molar-refractivity contribution in [1.29, 1.82) is 0 Å². The number of allylic oxidation sites excluding steroid dienone is 1. The van der Waals surface area contributed by atoms with Crippen LogP contribution in [-0.2, 0) is 6.42 Å². The zero-order chi connectivity index (χ0) is 32.2. The molecular formula is C42H66O2S. The molecule has 0 radical (unpaired) electrons. The van der Waals surface area contributed by atoms with Gasteiger partial charge in [-0.25, -0.2) is 0 Å². The largest absolute Gasteiger partial charge is 0.490 e. The second-order valence-corrected chi connectivity index (χ2v) is 13.4. The quantitative estimate of drug-likeness (QED) is 0.0384. The van der Waals surface area contributed by atoms with Crippen LogP contribution in [-0.4, -0.2) is 18.1 Å². The smallest absolute Gasteiger partial charge is 0.161 e. The topological polar surface area (TPSA) is 18.5 Å². The molecule has 0 heterocycles. The van der Waals surface area contributed by atoms with Crippen molar-refractivity contribution < 1.29 is 9.47 Å². The molecule has 0 bridgehead atoms. The molecule has 252 valence electrons. The Morgan fingerprint density at radius 2 is 1.00 bits per heavy atom. The number of hydrogen-bond donors (Lipinski definition) is 0. The SMILES string of the molecule is CCCCCCCCCCCCOc1ccc(C=CC(=S)c2ccc(CCC)cc2)cc1OCCCCCCCCCCCC. The zero-order valence-electron chi connectivity index (χ0n) is 29.4. The molecule has 0 spiro atoms. The number of thiocarbonyl (C=S) groups is 1. The number of unbranched alkanes of at least 4 members (excludes halogenated alkanes) is 18. The molecule has 0 aliphatic heterocycles. The van der Waals surface area contributed by atoms with Crippen LogP contribution in [0.15, 0.2) is 48.5 Å². The summed E-state index contributed by atoms with van der Waals surface area (Å²) < 4.78 is 12.6. The molecule has 45 heavy (non-hydrogen) atoms. The maximum Gasteiger partial charge on any atom is 0.161 e. The lowest BCUT2D eigenvalue weighted by Gasteiger charge is -2.14. The number of hydrogen-bond acceptors (Lipinski definition) is 3. The fraction of sp³-hybridized carbons (Fsp3) is 0.643. The van der Waals surface area contributed by atoms with Gasteiger partial charge in [-0.05, 0) is 54.2 Å². The van der Waals surface area contributed by atoms with Crippen molar-refractivity contribution in [2.45, 2.75) is 162 Å². The van der Waals surface area contributed by atoms with Crippen molar-refractivity contribution in [2.75, 3.05) is 13.2 Å². The lowest BCUT2D eigenvalue weighted by Crippen LogP contribution is -2.03. The summed E-state index contributed by atoms with van der Waals surface area (Å²) in [5.41, 5.74) is 3.55. The summed E-state index contributed by atoms with van der Waals surface area (Å²) in [5, 5.41) is 0. The second-order valence-electron chi connectivity index (χ2n) is 12.9. The van der Waals surface area contributed by atoms with Crippen LogP contribution in [0.25, 0.3) is 6.08 Å². The Hall–Kier alpha value is -2.13. The average Bonchev–Trinajstić information content (AvgIpc) is 3.06. The summed E-state index contributed by atoms with van der Waals surface area (Å²) in [6.45, 7) is 8.27. The van der Waals surface area contributed by atoms with Gasteiger partial charge < -0.3 is 9.47 Å². The molecule has 0 aliphatic rings. The molecule has 2 nitrogen and oxygen atoms in total. The van der Waals surface area contributed by atoms with Crippen LogP contribution in [0.2, 0.25) is 0 Å². The van der Waals surface area contributed by atoms with Gasteiger partial charge in [0.15, 0.2) is 11.5 Å². The molecule has 0 aliphatic carbocycles. The minimum absolute atomic E-state index is 0.737. The first-order chi connectivity index (χ1) is 22.2. The molecule has 0 saturated carbocycles. The Morgan fingerprint density at radius 1 is 0.533 bits per heavy atom. The molecule has 3 heteroatoms. The first-order valence-corrected chi connectivity index (χ1v) is 19.3. The van der Waals surface area contributed by atoms with Crippen LogP contribution in [0.5, 0.6) is 11.5 Å². The average molecular weight is 635 g/mol. The highest BCUT2D eigenvalue weighted by Crippen LogP contribution is 2.30. The highest BCUT2D eigenvalue weighted by atomic mass is 32.1. The van der Waals surface area contributed by atoms with Gasteiger partial charge in [0.05, 0.1) is 13.2 Å². The Bertz CT molecular complexity index is 1030. The van der Waals surface area contributed by atoms with E-state index in [0.717, 1.165) is 66.4 Å². The molecule has 0 aromatic heterocycles. The normalized spacial score (nSPS) is 11.4. The molecule has 0 fully saturated rings. The van der Waals surface area contributed by atoms with Crippen LogP contribution >= 0.6 is 12.2 Å². The summed E-state index contributed by atoms with van der Waals surface area (Å²) in [6, 6.07) is 15.0. The van der Waals surface area contributed by atoms with E-state index >= 15 is 0 Å². The van der Waals surface area contributed by atoms with E-state index in [-0.39, 0.29) is 0 Å². The Labute approximate surface area is 283 Å². The molecule has 2 aromatic carbocycles. The van der Waals surface area contributed by atoms with Crippen LogP contribution in [0, 0.1) is 0 Å². The minimum atomic E-state index is 0.737. The lowest BCUT2D eigenvalue weighted by molar-refractivity contribution is 0.258. The fourth-order valence-corrected chi connectivity index (χ4v) is 6.00. The standard InChI is InChI=1S/C42H66O2S/c1-4-7-9-11-13-15-17-19-21-23-34-43-40-32-28-38(29-33-42(45)39-30-26-37(25-6-3)27-31-39)36-41(40)44-35-24-22-20-18-16-14-12-10-8-5-2/h26-33,36H,4-25,34-35H2,1-3H3. The van der Waals surface area contributed by atoms with Crippen LogP contribution in [0.4, 0.5) is 0 Å². The van der Waals surface area contributed by atoms with Crippen molar-refractivity contribution in [3.05, 3.63) is 65.2 Å². The van der Waals surface area contributed by atoms with Crippen LogP contribution in [0.3, 0.4) is 0 Å². The molecule has 0 N–H and O–H groups in total. The van der Waals surface area contributed by atoms with Crippen molar-refractivity contribution in [1.82, 2.24) is 0 Å². The Balaban J connectivity index is 1.83. The third-order valence-electron chi connectivity index (χ3n) is 8.68. The molecular weight excluding hydrogens is 569 g/mol. The van der Waals surface area contributed by atoms with E-state index in [4.69, 9.17) is 21.7 Å². The maximum absolute atomic E-state index is 6.34. The van der Waals surface area contributed by atoms with E-state index in [1.807, 2.05) is 6.08 Å². The summed E-state index contributed by atoms with van der Waals surface area (Å²) in [5.74, 6) is 1.72. The van der Waals surface area contributed by atoms with E-state index in [0.29, 0.717) is 0 Å². The third kappa shape index (κ3) is 19.2. The molecule has 0 saturated heterocycles. The fourth-order valence-electron chi connectivity index (χ4n) is 5.80. The van der Waals surface area contributed by atoms with Gasteiger partial charge in [-0.2, -0.15) is 0 Å². The number of ether oxygens (including phenoxy) is 2. The van der Waals surface area contributed by atoms with Crippen molar-refractivity contribution in [3.63, 3.8) is 0 Å². The monoisotopic (exact) mass is 634 g/mol. The molecule has 0 atom stereocenters. The van der Waals surface area contributed by atoms with Gasteiger partial charge in [-0.1, -0.05) is 191 Å². The molecule has 0 unspecified atom stereocenters. The second kappa shape index (κ2) is 27.0. The van der Waals surface area contributed by atoms with Gasteiger partial charge in [-0.3, -0.25) is 0 Å². The highest BCUT2D eigenvalue weighted by Gasteiger charge is 2.07. The molecule has 0 amide bonds. The van der Waals surface area contributed by atoms with Crippen molar-refractivity contribution in [2.24, 2.45) is 0 Å². The summed E-state index contributed by atoms with van der Waals surface area (Å²) in [7, 11) is 0. The molecule has 2 rings (SSSR count). The van der Waals surface area contributed by atoms with Crippen LogP contribution < -0.4 is 9.47 Å². The van der Waals surface area contributed by atoms with E-state index in [9.17, 15) is 0 Å². The minimum Gasteiger partial charge on any atom is -0.490 e. The lowest BCUT2D eigenvalue weighted by atomic mass is 10.1. The van der Waals surface area contributed by atoms with Gasteiger partial charge in [0, 0.05) is 4.86 Å². The predicted octanol–water partition coefficient (Wildman–Crippen LogP) is 13.7. The van der Waals surface area contributed by atoms with Gasteiger partial charge in [0.2, 0.25) is 0 Å². The Morgan fingerprint density at radius 3 is 1.49 bits per heavy atom. The third-order valence-corrected chi connectivity index (χ3v) is 9.05. The summed E-state index contributed by atoms with van der Waals surface area (Å²) >= 11 is 5.73. The zero-order valence-corrected chi connectivity index (χ0v) is 30.2. The van der Waals surface area contributed by atoms with Gasteiger partial charge in [0.1, 0.15) is 0 Å². The maximum atomic E-state index is 6.34. The number of benzene rings is 2. The van der Waals surface area contributed by atoms with E-state index < -0.39 is 0 Å². The molecule has 2 aromatic rings. The predicted molar refractivity (Wildman–Crippen MR) is 202 cm³/mol. The van der Waals surface area contributed by atoms with Crippen molar-refractivity contribution >= 4 is 23.2 Å². The highest BCUT2D eigenvalue weighted by molar-refractivity contribution is 7.81. The number of aryl methyl sites for hydroxylation is 1. The Kier molecular flexibility index (Phi) is 23.5. The van der Waals surface area contributed by atoms with Gasteiger partial charge in [-0.15, -0.1) is 0 Å². The first-order valence-electron chi connectivity index (χ1n) is 18.9. The van der Waals surface area contributed by atoms with E-state index in [1.165, 1.54) is 121 Å². The van der Waals surface area contributed by atoms with Gasteiger partial charge >= 0.3 is 0 Å². The van der Waals surface area contributed by atoms with Crippen molar-refractivity contribution in [3.8, 4) is 11.5 Å². The van der Waals surface area contributed by atoms with Gasteiger partial charge in [0.25, 0.3) is 0 Å².